The highest BCUT2D eigenvalue weighted by Gasteiger charge is 2.11. The third kappa shape index (κ3) is 4.95. The molecule has 0 aromatic carbocycles. The summed E-state index contributed by atoms with van der Waals surface area (Å²) in [6, 6.07) is 3.27. The van der Waals surface area contributed by atoms with Crippen LogP contribution in [0.15, 0.2) is 18.3 Å². The Bertz CT molecular complexity index is 443. The first-order valence-electron chi connectivity index (χ1n) is 6.06. The van der Waals surface area contributed by atoms with Crippen molar-refractivity contribution in [3.8, 4) is 0 Å². The number of nitrogens with one attached hydrogen (secondary N) is 1. The van der Waals surface area contributed by atoms with Crippen molar-refractivity contribution in [1.29, 1.82) is 0 Å². The summed E-state index contributed by atoms with van der Waals surface area (Å²) in [6.45, 7) is 1.78. The summed E-state index contributed by atoms with van der Waals surface area (Å²) < 4.78 is 0. The third-order valence-corrected chi connectivity index (χ3v) is 2.64. The van der Waals surface area contributed by atoms with Crippen molar-refractivity contribution in [2.24, 2.45) is 0 Å². The fourth-order valence-electron chi connectivity index (χ4n) is 1.50. The zero-order valence-corrected chi connectivity index (χ0v) is 11.4. The van der Waals surface area contributed by atoms with E-state index in [-0.39, 0.29) is 18.4 Å². The number of carbonyl (C=O) groups is 2. The van der Waals surface area contributed by atoms with Gasteiger partial charge in [0.25, 0.3) is 5.91 Å². The van der Waals surface area contributed by atoms with Gasteiger partial charge in [-0.1, -0.05) is 0 Å². The lowest BCUT2D eigenvalue weighted by Gasteiger charge is -2.14. The van der Waals surface area contributed by atoms with E-state index in [0.29, 0.717) is 12.0 Å². The van der Waals surface area contributed by atoms with E-state index in [1.54, 1.807) is 19.1 Å². The first-order chi connectivity index (χ1) is 8.90. The van der Waals surface area contributed by atoms with E-state index in [4.69, 9.17) is 5.11 Å². The number of aromatic nitrogens is 1. The van der Waals surface area contributed by atoms with Gasteiger partial charge in [0, 0.05) is 32.8 Å². The number of anilines is 1. The summed E-state index contributed by atoms with van der Waals surface area (Å²) in [6.07, 6.45) is 1.96. The van der Waals surface area contributed by atoms with Gasteiger partial charge in [-0.15, -0.1) is 0 Å². The molecule has 1 heterocycles. The number of pyridine rings is 1. The lowest BCUT2D eigenvalue weighted by molar-refractivity contribution is -0.137. The summed E-state index contributed by atoms with van der Waals surface area (Å²) in [5.74, 6) is -0.329. The molecule has 0 saturated heterocycles. The van der Waals surface area contributed by atoms with Gasteiger partial charge in [0.1, 0.15) is 5.82 Å². The molecule has 1 aromatic rings. The minimum absolute atomic E-state index is 0.0409. The van der Waals surface area contributed by atoms with Crippen molar-refractivity contribution >= 4 is 17.7 Å². The largest absolute Gasteiger partial charge is 0.481 e. The van der Waals surface area contributed by atoms with Crippen molar-refractivity contribution in [3.05, 3.63) is 23.9 Å². The summed E-state index contributed by atoms with van der Waals surface area (Å²) in [7, 11) is 3.74. The topological polar surface area (TPSA) is 82.5 Å². The molecule has 1 aromatic heterocycles. The van der Waals surface area contributed by atoms with Gasteiger partial charge < -0.3 is 15.3 Å². The van der Waals surface area contributed by atoms with Crippen LogP contribution in [0.3, 0.4) is 0 Å². The summed E-state index contributed by atoms with van der Waals surface area (Å²) in [5, 5.41) is 11.3. The quantitative estimate of drug-likeness (QED) is 0.805. The van der Waals surface area contributed by atoms with Gasteiger partial charge in [-0.3, -0.25) is 9.59 Å². The molecule has 1 atom stereocenters. The van der Waals surface area contributed by atoms with Crippen LogP contribution in [-0.2, 0) is 4.79 Å². The molecule has 0 saturated carbocycles. The first kappa shape index (κ1) is 14.9. The van der Waals surface area contributed by atoms with Crippen LogP contribution in [-0.4, -0.2) is 42.1 Å². The summed E-state index contributed by atoms with van der Waals surface area (Å²) in [5.41, 5.74) is 0.466. The maximum Gasteiger partial charge on any atom is 0.303 e. The Labute approximate surface area is 112 Å². The van der Waals surface area contributed by atoms with Crippen LogP contribution in [0, 0.1) is 0 Å². The Hall–Kier alpha value is -2.11. The van der Waals surface area contributed by atoms with E-state index in [1.165, 1.54) is 6.20 Å². The molecule has 0 spiro atoms. The fraction of sp³-hybridized carbons (Fsp3) is 0.462. The van der Waals surface area contributed by atoms with Gasteiger partial charge in [0.2, 0.25) is 0 Å². The Morgan fingerprint density at radius 3 is 2.58 bits per heavy atom. The monoisotopic (exact) mass is 265 g/mol. The van der Waals surface area contributed by atoms with Gasteiger partial charge >= 0.3 is 5.97 Å². The number of carbonyl (C=O) groups excluding carboxylic acids is 1. The molecule has 0 aliphatic carbocycles. The molecule has 1 amide bonds. The molecule has 0 aliphatic rings. The van der Waals surface area contributed by atoms with Crippen molar-refractivity contribution in [2.45, 2.75) is 25.8 Å². The number of carboxylic acid groups (broad SMARTS) is 1. The number of rotatable bonds is 6. The molecule has 6 heteroatoms. The highest BCUT2D eigenvalue weighted by atomic mass is 16.4. The molecule has 19 heavy (non-hydrogen) atoms. The second kappa shape index (κ2) is 6.72. The molecule has 0 fully saturated rings. The number of carboxylic acids is 1. The predicted octanol–water partition coefficient (Wildman–Crippen LogP) is 1.13. The molecule has 1 unspecified atom stereocenters. The van der Waals surface area contributed by atoms with Crippen molar-refractivity contribution in [1.82, 2.24) is 10.3 Å². The lowest BCUT2D eigenvalue weighted by Crippen LogP contribution is -2.33. The van der Waals surface area contributed by atoms with Crippen molar-refractivity contribution in [2.75, 3.05) is 19.0 Å². The zero-order valence-electron chi connectivity index (χ0n) is 11.4. The second-order valence-corrected chi connectivity index (χ2v) is 4.61. The molecule has 2 N–H and O–H groups in total. The summed E-state index contributed by atoms with van der Waals surface area (Å²) >= 11 is 0. The number of nitrogens with zero attached hydrogens (tertiary/aromatic N) is 2. The molecule has 1 rings (SSSR count). The smallest absolute Gasteiger partial charge is 0.303 e. The van der Waals surface area contributed by atoms with E-state index in [1.807, 2.05) is 19.0 Å². The van der Waals surface area contributed by atoms with E-state index < -0.39 is 5.97 Å². The second-order valence-electron chi connectivity index (χ2n) is 4.61. The van der Waals surface area contributed by atoms with E-state index in [9.17, 15) is 9.59 Å². The van der Waals surface area contributed by atoms with Crippen LogP contribution in [0.1, 0.15) is 30.1 Å². The molecular weight excluding hydrogens is 246 g/mol. The van der Waals surface area contributed by atoms with Crippen LogP contribution in [0.2, 0.25) is 0 Å². The average molecular weight is 265 g/mol. The number of aliphatic carboxylic acids is 1. The minimum Gasteiger partial charge on any atom is -0.481 e. The Morgan fingerprint density at radius 1 is 1.42 bits per heavy atom. The average Bonchev–Trinajstić information content (AvgIpc) is 2.36. The maximum absolute atomic E-state index is 11.9. The van der Waals surface area contributed by atoms with Crippen molar-refractivity contribution in [3.63, 3.8) is 0 Å². The third-order valence-electron chi connectivity index (χ3n) is 2.64. The zero-order chi connectivity index (χ0) is 14.4. The highest BCUT2D eigenvalue weighted by Crippen LogP contribution is 2.08. The van der Waals surface area contributed by atoms with Crippen LogP contribution in [0.5, 0.6) is 0 Å². The fourth-order valence-corrected chi connectivity index (χ4v) is 1.50. The predicted molar refractivity (Wildman–Crippen MR) is 72.4 cm³/mol. The molecule has 0 radical (unpaired) electrons. The SMILES string of the molecule is CC(CCC(=O)O)NC(=O)c1ccc(N(C)C)nc1. The van der Waals surface area contributed by atoms with Crippen LogP contribution >= 0.6 is 0 Å². The standard InChI is InChI=1S/C13H19N3O3/c1-9(4-7-12(17)18)15-13(19)10-5-6-11(14-8-10)16(2)3/h5-6,8-9H,4,7H2,1-3H3,(H,15,19)(H,17,18). The molecule has 0 aliphatic heterocycles. The first-order valence-corrected chi connectivity index (χ1v) is 6.06. The number of hydrogen-bond acceptors (Lipinski definition) is 4. The van der Waals surface area contributed by atoms with Crippen LogP contribution in [0.4, 0.5) is 5.82 Å². The Kier molecular flexibility index (Phi) is 5.29. The van der Waals surface area contributed by atoms with Gasteiger partial charge in [0.15, 0.2) is 0 Å². The van der Waals surface area contributed by atoms with Crippen LogP contribution < -0.4 is 10.2 Å². The normalized spacial score (nSPS) is 11.7. The van der Waals surface area contributed by atoms with Gasteiger partial charge in [0.05, 0.1) is 5.56 Å². The van der Waals surface area contributed by atoms with Gasteiger partial charge in [-0.2, -0.15) is 0 Å². The lowest BCUT2D eigenvalue weighted by atomic mass is 10.1. The molecular formula is C13H19N3O3. The maximum atomic E-state index is 11.9. The van der Waals surface area contributed by atoms with E-state index >= 15 is 0 Å². The van der Waals surface area contributed by atoms with Crippen LogP contribution in [0.25, 0.3) is 0 Å². The van der Waals surface area contributed by atoms with Gasteiger partial charge in [-0.25, -0.2) is 4.98 Å². The minimum atomic E-state index is -0.863. The Balaban J connectivity index is 2.55. The van der Waals surface area contributed by atoms with Gasteiger partial charge in [-0.05, 0) is 25.5 Å². The summed E-state index contributed by atoms with van der Waals surface area (Å²) in [4.78, 5) is 28.3. The van der Waals surface area contributed by atoms with Crippen molar-refractivity contribution < 1.29 is 14.7 Å². The molecule has 0 bridgehead atoms. The number of hydrogen-bond donors (Lipinski definition) is 2. The highest BCUT2D eigenvalue weighted by molar-refractivity contribution is 5.94. The Morgan fingerprint density at radius 2 is 2.11 bits per heavy atom. The molecule has 6 nitrogen and oxygen atoms in total. The van der Waals surface area contributed by atoms with E-state index in [0.717, 1.165) is 5.82 Å². The molecule has 104 valence electrons. The number of amides is 1. The van der Waals surface area contributed by atoms with E-state index in [2.05, 4.69) is 10.3 Å².